The molecule has 3 aromatic rings. The zero-order valence-corrected chi connectivity index (χ0v) is 16.5. The molecule has 0 radical (unpaired) electrons. The number of nitrogens with zero attached hydrogens (tertiary/aromatic N) is 4. The number of hydrogen-bond donors (Lipinski definition) is 1. The minimum absolute atomic E-state index is 0.0309. The Labute approximate surface area is 176 Å². The van der Waals surface area contributed by atoms with E-state index >= 15 is 0 Å². The quantitative estimate of drug-likeness (QED) is 0.464. The van der Waals surface area contributed by atoms with Crippen LogP contribution in [0.25, 0.3) is 5.57 Å². The standard InChI is InChI=1S/C22H17BF2N4O2/c1-31-17-9-6-15(7-10-17)26-27-16-8-11-21(30)18(14-16)22-19-4-2-12-28(19)23(24,25)29-13-3-5-20(22)29/h2-14,30H,1H3. The molecule has 1 N–H and O–H groups in total. The Hall–Kier alpha value is -4.01. The number of rotatable bonds is 4. The first-order valence-corrected chi connectivity index (χ1v) is 9.62. The van der Waals surface area contributed by atoms with Gasteiger partial charge in [-0.25, -0.2) is 0 Å². The van der Waals surface area contributed by atoms with Crippen molar-refractivity contribution in [1.29, 1.82) is 0 Å². The van der Waals surface area contributed by atoms with Crippen molar-refractivity contribution in [1.82, 2.24) is 4.48 Å². The molecule has 0 saturated carbocycles. The van der Waals surface area contributed by atoms with Gasteiger partial charge in [-0.15, -0.1) is 0 Å². The molecule has 5 rings (SSSR count). The van der Waals surface area contributed by atoms with Crippen LogP contribution in [0, 0.1) is 0 Å². The second-order valence-electron chi connectivity index (χ2n) is 7.16. The SMILES string of the molecule is COc1ccc(N=Nc2ccc(O)c(C3=C4C=CC=[N+]4[B-](F)(F)n4cccc43)c2)cc1. The van der Waals surface area contributed by atoms with E-state index in [9.17, 15) is 13.7 Å². The Morgan fingerprint density at radius 2 is 1.77 bits per heavy atom. The van der Waals surface area contributed by atoms with Gasteiger partial charge in [-0.3, -0.25) is 0 Å². The molecule has 0 spiro atoms. The fourth-order valence-electron chi connectivity index (χ4n) is 3.85. The summed E-state index contributed by atoms with van der Waals surface area (Å²) in [7, 11) is 1.58. The maximum absolute atomic E-state index is 15.0. The van der Waals surface area contributed by atoms with Crippen molar-refractivity contribution in [3.63, 3.8) is 0 Å². The predicted octanol–water partition coefficient (Wildman–Crippen LogP) is 5.27. The van der Waals surface area contributed by atoms with Crippen molar-refractivity contribution >= 4 is 30.1 Å². The maximum Gasteiger partial charge on any atom is 0.737 e. The topological polar surface area (TPSA) is 62.1 Å². The van der Waals surface area contributed by atoms with Crippen LogP contribution in [0.15, 0.2) is 88.9 Å². The van der Waals surface area contributed by atoms with Crippen molar-refractivity contribution in [3.8, 4) is 11.5 Å². The van der Waals surface area contributed by atoms with E-state index in [-0.39, 0.29) is 5.75 Å². The molecule has 9 heteroatoms. The van der Waals surface area contributed by atoms with Crippen molar-refractivity contribution < 1.29 is 23.0 Å². The summed E-state index contributed by atoms with van der Waals surface area (Å²) < 4.78 is 36.9. The molecule has 0 atom stereocenters. The number of methoxy groups -OCH3 is 1. The minimum atomic E-state index is -4.00. The zero-order chi connectivity index (χ0) is 21.6. The highest BCUT2D eigenvalue weighted by molar-refractivity contribution is 6.57. The Bertz CT molecular complexity index is 1310. The second kappa shape index (κ2) is 7.05. The number of benzene rings is 2. The summed E-state index contributed by atoms with van der Waals surface area (Å²) in [4.78, 5) is 0. The molecule has 2 aliphatic heterocycles. The van der Waals surface area contributed by atoms with Crippen LogP contribution in [0.1, 0.15) is 11.3 Å². The molecular formula is C22H17BF2N4O2. The van der Waals surface area contributed by atoms with Gasteiger partial charge in [0.15, 0.2) is 5.70 Å². The summed E-state index contributed by atoms with van der Waals surface area (Å²) in [5, 5.41) is 19.0. The molecule has 0 bridgehead atoms. The number of fused-ring (bicyclic) bond motifs is 2. The third-order valence-corrected chi connectivity index (χ3v) is 5.34. The molecule has 2 aliphatic rings. The molecule has 2 aromatic carbocycles. The van der Waals surface area contributed by atoms with Gasteiger partial charge >= 0.3 is 6.97 Å². The van der Waals surface area contributed by atoms with Gasteiger partial charge in [0.2, 0.25) is 0 Å². The lowest BCUT2D eigenvalue weighted by Gasteiger charge is -2.31. The van der Waals surface area contributed by atoms with Crippen LogP contribution in [-0.4, -0.2) is 34.4 Å². The summed E-state index contributed by atoms with van der Waals surface area (Å²) in [5.41, 5.74) is 2.67. The normalized spacial score (nSPS) is 16.4. The smallest absolute Gasteiger partial charge is 0.507 e. The summed E-state index contributed by atoms with van der Waals surface area (Å²) in [6.07, 6.45) is 5.89. The molecule has 3 heterocycles. The third kappa shape index (κ3) is 3.05. The number of phenols is 1. The molecule has 0 fully saturated rings. The Kier molecular flexibility index (Phi) is 4.32. The predicted molar refractivity (Wildman–Crippen MR) is 115 cm³/mol. The molecule has 1 aromatic heterocycles. The average molecular weight is 418 g/mol. The van der Waals surface area contributed by atoms with Crippen LogP contribution >= 0.6 is 0 Å². The summed E-state index contributed by atoms with van der Waals surface area (Å²) in [6.45, 7) is -4.00. The number of hydrogen-bond acceptors (Lipinski definition) is 4. The number of azo groups is 1. The summed E-state index contributed by atoms with van der Waals surface area (Å²) in [5.74, 6) is 0.681. The molecule has 6 nitrogen and oxygen atoms in total. The molecule has 0 amide bonds. The number of aromatic nitrogens is 1. The highest BCUT2D eigenvalue weighted by Gasteiger charge is 2.51. The van der Waals surface area contributed by atoms with Gasteiger partial charge < -0.3 is 27.4 Å². The van der Waals surface area contributed by atoms with Gasteiger partial charge in [0, 0.05) is 23.4 Å². The molecular weight excluding hydrogens is 401 g/mol. The van der Waals surface area contributed by atoms with Crippen LogP contribution in [0.3, 0.4) is 0 Å². The summed E-state index contributed by atoms with van der Waals surface area (Å²) >= 11 is 0. The lowest BCUT2D eigenvalue weighted by molar-refractivity contribution is -0.356. The number of aromatic hydroxyl groups is 1. The van der Waals surface area contributed by atoms with Crippen molar-refractivity contribution in [2.24, 2.45) is 10.2 Å². The van der Waals surface area contributed by atoms with E-state index in [2.05, 4.69) is 10.2 Å². The van der Waals surface area contributed by atoms with E-state index < -0.39 is 6.97 Å². The van der Waals surface area contributed by atoms with Gasteiger partial charge in [-0.2, -0.15) is 10.2 Å². The van der Waals surface area contributed by atoms with Gasteiger partial charge in [0.25, 0.3) is 0 Å². The number of ether oxygens (including phenoxy) is 1. The Morgan fingerprint density at radius 3 is 2.55 bits per heavy atom. The van der Waals surface area contributed by atoms with Crippen molar-refractivity contribution in [3.05, 3.63) is 89.9 Å². The van der Waals surface area contributed by atoms with Gasteiger partial charge in [0.05, 0.1) is 24.1 Å². The van der Waals surface area contributed by atoms with Crippen molar-refractivity contribution in [2.45, 2.75) is 0 Å². The monoisotopic (exact) mass is 418 g/mol. The van der Waals surface area contributed by atoms with Gasteiger partial charge in [0.1, 0.15) is 17.7 Å². The third-order valence-electron chi connectivity index (χ3n) is 5.34. The van der Waals surface area contributed by atoms with Gasteiger partial charge in [-0.1, -0.05) is 0 Å². The molecule has 31 heavy (non-hydrogen) atoms. The van der Waals surface area contributed by atoms with E-state index in [1.807, 2.05) is 0 Å². The fourth-order valence-corrected chi connectivity index (χ4v) is 3.85. The molecule has 0 unspecified atom stereocenters. The van der Waals surface area contributed by atoms with Crippen LogP contribution in [0.4, 0.5) is 20.0 Å². The van der Waals surface area contributed by atoms with Crippen LogP contribution < -0.4 is 4.74 Å². The highest BCUT2D eigenvalue weighted by Crippen LogP contribution is 2.42. The Balaban J connectivity index is 1.59. The van der Waals surface area contributed by atoms with Crippen LogP contribution in [0.2, 0.25) is 0 Å². The number of allylic oxidation sites excluding steroid dienone is 2. The van der Waals surface area contributed by atoms with Gasteiger partial charge in [-0.05, 0) is 60.8 Å². The number of halogens is 2. The lowest BCUT2D eigenvalue weighted by atomic mass is 9.86. The number of phenolic OH excluding ortho intramolecular Hbond substituents is 1. The van der Waals surface area contributed by atoms with E-state index in [1.54, 1.807) is 67.8 Å². The second-order valence-corrected chi connectivity index (χ2v) is 7.16. The van der Waals surface area contributed by atoms with E-state index in [4.69, 9.17) is 4.74 Å². The van der Waals surface area contributed by atoms with Crippen LogP contribution in [0.5, 0.6) is 11.5 Å². The first-order valence-electron chi connectivity index (χ1n) is 9.62. The zero-order valence-electron chi connectivity index (χ0n) is 16.5. The Morgan fingerprint density at radius 1 is 1.03 bits per heavy atom. The van der Waals surface area contributed by atoms with Crippen LogP contribution in [-0.2, 0) is 0 Å². The fraction of sp³-hybridized carbons (Fsp3) is 0.0455. The van der Waals surface area contributed by atoms with E-state index in [0.29, 0.717) is 39.7 Å². The average Bonchev–Trinajstić information content (AvgIpc) is 3.46. The highest BCUT2D eigenvalue weighted by atomic mass is 19.2. The largest absolute Gasteiger partial charge is 0.737 e. The maximum atomic E-state index is 15.0. The summed E-state index contributed by atoms with van der Waals surface area (Å²) in [6, 6.07) is 15.0. The molecule has 154 valence electrons. The lowest BCUT2D eigenvalue weighted by Crippen LogP contribution is -2.49. The molecule has 0 saturated heterocycles. The molecule has 0 aliphatic carbocycles. The first-order chi connectivity index (χ1) is 15.0. The van der Waals surface area contributed by atoms with Crippen molar-refractivity contribution in [2.75, 3.05) is 7.11 Å². The van der Waals surface area contributed by atoms with E-state index in [1.165, 1.54) is 18.5 Å². The first kappa shape index (κ1) is 19.0. The minimum Gasteiger partial charge on any atom is -0.507 e. The van der Waals surface area contributed by atoms with E-state index in [0.717, 1.165) is 8.96 Å².